The van der Waals surface area contributed by atoms with Gasteiger partial charge < -0.3 is 10.4 Å². The Kier molecular flexibility index (Phi) is 4.96. The summed E-state index contributed by atoms with van der Waals surface area (Å²) in [5, 5.41) is 12.6. The van der Waals surface area contributed by atoms with Gasteiger partial charge in [-0.15, -0.1) is 0 Å². The lowest BCUT2D eigenvalue weighted by atomic mass is 10.1. The Balaban J connectivity index is 2.05. The second-order valence-corrected chi connectivity index (χ2v) is 4.96. The number of aromatic nitrogens is 1. The molecule has 0 saturated carbocycles. The van der Waals surface area contributed by atoms with Crippen LogP contribution < -0.4 is 5.32 Å². The van der Waals surface area contributed by atoms with E-state index in [0.717, 1.165) is 25.3 Å². The van der Waals surface area contributed by atoms with Crippen LogP contribution in [0.2, 0.25) is 0 Å². The van der Waals surface area contributed by atoms with Crippen LogP contribution in [0.4, 0.5) is 5.82 Å². The van der Waals surface area contributed by atoms with E-state index in [1.165, 1.54) is 24.8 Å². The SMILES string of the molecule is CNc1cc(CN2CCCCCC2CO)ccn1. The molecule has 0 aromatic carbocycles. The molecule has 1 saturated heterocycles. The Morgan fingerprint density at radius 1 is 1.44 bits per heavy atom. The first-order valence-electron chi connectivity index (χ1n) is 6.81. The van der Waals surface area contributed by atoms with Gasteiger partial charge in [-0.05, 0) is 37.1 Å². The van der Waals surface area contributed by atoms with E-state index in [0.29, 0.717) is 6.04 Å². The topological polar surface area (TPSA) is 48.4 Å². The van der Waals surface area contributed by atoms with Crippen LogP contribution in [0.25, 0.3) is 0 Å². The maximum Gasteiger partial charge on any atom is 0.125 e. The fourth-order valence-corrected chi connectivity index (χ4v) is 2.60. The molecule has 18 heavy (non-hydrogen) atoms. The summed E-state index contributed by atoms with van der Waals surface area (Å²) in [4.78, 5) is 6.63. The van der Waals surface area contributed by atoms with E-state index in [1.54, 1.807) is 0 Å². The van der Waals surface area contributed by atoms with Crippen molar-refractivity contribution in [2.24, 2.45) is 0 Å². The Hall–Kier alpha value is -1.13. The highest BCUT2D eigenvalue weighted by atomic mass is 16.3. The molecule has 0 aliphatic carbocycles. The maximum absolute atomic E-state index is 9.50. The first-order chi connectivity index (χ1) is 8.83. The number of nitrogens with one attached hydrogen (secondary N) is 1. The van der Waals surface area contributed by atoms with Crippen LogP contribution in [-0.4, -0.2) is 41.2 Å². The minimum absolute atomic E-state index is 0.268. The summed E-state index contributed by atoms with van der Waals surface area (Å²) in [7, 11) is 1.88. The summed E-state index contributed by atoms with van der Waals surface area (Å²) in [6.45, 7) is 2.26. The number of hydrogen-bond acceptors (Lipinski definition) is 4. The molecule has 2 rings (SSSR count). The third-order valence-electron chi connectivity index (χ3n) is 3.68. The third-order valence-corrected chi connectivity index (χ3v) is 3.68. The van der Waals surface area contributed by atoms with Crippen molar-refractivity contribution in [1.82, 2.24) is 9.88 Å². The van der Waals surface area contributed by atoms with Gasteiger partial charge in [-0.1, -0.05) is 12.8 Å². The number of likely N-dealkylation sites (tertiary alicyclic amines) is 1. The van der Waals surface area contributed by atoms with Crippen LogP contribution in [0, 0.1) is 0 Å². The van der Waals surface area contributed by atoms with Crippen molar-refractivity contribution in [2.45, 2.75) is 38.3 Å². The normalized spacial score (nSPS) is 21.6. The maximum atomic E-state index is 9.50. The minimum Gasteiger partial charge on any atom is -0.395 e. The standard InChI is InChI=1S/C14H23N3O/c1-15-14-9-12(6-7-16-14)10-17-8-4-2-3-5-13(17)11-18/h6-7,9,13,18H,2-5,8,10-11H2,1H3,(H,15,16). The average Bonchev–Trinajstić information content (AvgIpc) is 2.64. The largest absolute Gasteiger partial charge is 0.395 e. The van der Waals surface area contributed by atoms with E-state index in [-0.39, 0.29) is 6.61 Å². The molecule has 1 aromatic rings. The predicted octanol–water partition coefficient (Wildman–Crippen LogP) is 1.86. The van der Waals surface area contributed by atoms with Crippen LogP contribution in [0.5, 0.6) is 0 Å². The lowest BCUT2D eigenvalue weighted by Crippen LogP contribution is -2.36. The van der Waals surface area contributed by atoms with Gasteiger partial charge in [0, 0.05) is 25.8 Å². The molecule has 0 bridgehead atoms. The molecule has 2 heterocycles. The molecule has 0 amide bonds. The zero-order chi connectivity index (χ0) is 12.8. The Labute approximate surface area is 109 Å². The lowest BCUT2D eigenvalue weighted by Gasteiger charge is -2.28. The van der Waals surface area contributed by atoms with E-state index in [9.17, 15) is 5.11 Å². The molecule has 4 heteroatoms. The summed E-state index contributed by atoms with van der Waals surface area (Å²) in [5.74, 6) is 0.905. The van der Waals surface area contributed by atoms with E-state index in [1.807, 2.05) is 13.2 Å². The highest BCUT2D eigenvalue weighted by Gasteiger charge is 2.20. The Morgan fingerprint density at radius 2 is 2.33 bits per heavy atom. The van der Waals surface area contributed by atoms with Crippen molar-refractivity contribution in [3.8, 4) is 0 Å². The van der Waals surface area contributed by atoms with Crippen molar-refractivity contribution in [1.29, 1.82) is 0 Å². The van der Waals surface area contributed by atoms with Crippen LogP contribution in [0.3, 0.4) is 0 Å². The van der Waals surface area contributed by atoms with Crippen molar-refractivity contribution in [2.75, 3.05) is 25.5 Å². The molecule has 0 radical (unpaired) electrons. The quantitative estimate of drug-likeness (QED) is 0.855. The number of pyridine rings is 1. The molecule has 2 N–H and O–H groups in total. The second-order valence-electron chi connectivity index (χ2n) is 4.96. The number of rotatable bonds is 4. The number of aliphatic hydroxyl groups is 1. The van der Waals surface area contributed by atoms with Crippen LogP contribution >= 0.6 is 0 Å². The zero-order valence-electron chi connectivity index (χ0n) is 11.1. The van der Waals surface area contributed by atoms with Gasteiger partial charge in [0.1, 0.15) is 5.82 Å². The molecule has 1 aromatic heterocycles. The van der Waals surface area contributed by atoms with Crippen molar-refractivity contribution < 1.29 is 5.11 Å². The number of anilines is 1. The smallest absolute Gasteiger partial charge is 0.125 e. The predicted molar refractivity (Wildman–Crippen MR) is 73.5 cm³/mol. The minimum atomic E-state index is 0.268. The van der Waals surface area contributed by atoms with Crippen LogP contribution in [0.1, 0.15) is 31.2 Å². The van der Waals surface area contributed by atoms with Crippen molar-refractivity contribution in [3.05, 3.63) is 23.9 Å². The summed E-state index contributed by atoms with van der Waals surface area (Å²) in [6, 6.07) is 4.46. The van der Waals surface area contributed by atoms with Gasteiger partial charge in [0.05, 0.1) is 6.61 Å². The summed E-state index contributed by atoms with van der Waals surface area (Å²) in [5.41, 5.74) is 1.26. The van der Waals surface area contributed by atoms with Gasteiger partial charge in [0.15, 0.2) is 0 Å². The zero-order valence-corrected chi connectivity index (χ0v) is 11.1. The molecule has 100 valence electrons. The highest BCUT2D eigenvalue weighted by molar-refractivity contribution is 5.36. The molecule has 1 aliphatic heterocycles. The van der Waals surface area contributed by atoms with Crippen LogP contribution in [-0.2, 0) is 6.54 Å². The molecule has 1 fully saturated rings. The highest BCUT2D eigenvalue weighted by Crippen LogP contribution is 2.19. The van der Waals surface area contributed by atoms with E-state index < -0.39 is 0 Å². The fraction of sp³-hybridized carbons (Fsp3) is 0.643. The summed E-state index contributed by atoms with van der Waals surface area (Å²) < 4.78 is 0. The number of nitrogens with zero attached hydrogens (tertiary/aromatic N) is 2. The van der Waals surface area contributed by atoms with E-state index in [2.05, 4.69) is 27.3 Å². The summed E-state index contributed by atoms with van der Waals surface area (Å²) in [6.07, 6.45) is 6.71. The first kappa shape index (κ1) is 13.3. The number of hydrogen-bond donors (Lipinski definition) is 2. The number of aliphatic hydroxyl groups excluding tert-OH is 1. The Morgan fingerprint density at radius 3 is 3.11 bits per heavy atom. The lowest BCUT2D eigenvalue weighted by molar-refractivity contribution is 0.118. The monoisotopic (exact) mass is 249 g/mol. The van der Waals surface area contributed by atoms with E-state index >= 15 is 0 Å². The van der Waals surface area contributed by atoms with E-state index in [4.69, 9.17) is 0 Å². The van der Waals surface area contributed by atoms with Gasteiger partial charge in [-0.25, -0.2) is 4.98 Å². The van der Waals surface area contributed by atoms with Gasteiger partial charge in [0.25, 0.3) is 0 Å². The fourth-order valence-electron chi connectivity index (χ4n) is 2.60. The molecular weight excluding hydrogens is 226 g/mol. The summed E-state index contributed by atoms with van der Waals surface area (Å²) >= 11 is 0. The molecule has 1 atom stereocenters. The molecule has 4 nitrogen and oxygen atoms in total. The molecule has 0 spiro atoms. The molecule has 1 unspecified atom stereocenters. The first-order valence-corrected chi connectivity index (χ1v) is 6.81. The van der Waals surface area contributed by atoms with Gasteiger partial charge >= 0.3 is 0 Å². The molecule has 1 aliphatic rings. The van der Waals surface area contributed by atoms with Gasteiger partial charge in [0.2, 0.25) is 0 Å². The van der Waals surface area contributed by atoms with Crippen molar-refractivity contribution >= 4 is 5.82 Å². The van der Waals surface area contributed by atoms with Gasteiger partial charge in [-0.3, -0.25) is 4.90 Å². The third kappa shape index (κ3) is 3.43. The average molecular weight is 249 g/mol. The van der Waals surface area contributed by atoms with Crippen LogP contribution in [0.15, 0.2) is 18.3 Å². The Bertz CT molecular complexity index is 370. The second kappa shape index (κ2) is 6.71. The molecular formula is C14H23N3O. The van der Waals surface area contributed by atoms with Gasteiger partial charge in [-0.2, -0.15) is 0 Å². The van der Waals surface area contributed by atoms with Crippen molar-refractivity contribution in [3.63, 3.8) is 0 Å².